The topological polar surface area (TPSA) is 79.8 Å². The standard InChI is InChI=1S/C19H19N5O/c1-14(16-5-3-2-4-6-16)24-18-13-21-17(12-22-18)19(25)23-11-15-7-9-20-10-8-15/h2-10,12-14H,11H2,1H3,(H,22,24)(H,23,25). The number of hydrogen-bond acceptors (Lipinski definition) is 5. The summed E-state index contributed by atoms with van der Waals surface area (Å²) in [6.45, 7) is 2.47. The first kappa shape index (κ1) is 16.6. The first-order valence-corrected chi connectivity index (χ1v) is 8.03. The van der Waals surface area contributed by atoms with Crippen molar-refractivity contribution in [2.24, 2.45) is 0 Å². The van der Waals surface area contributed by atoms with Crippen LogP contribution < -0.4 is 10.6 Å². The molecule has 1 aromatic carbocycles. The molecule has 2 heterocycles. The molecule has 2 N–H and O–H groups in total. The van der Waals surface area contributed by atoms with E-state index in [1.54, 1.807) is 18.6 Å². The molecule has 3 aromatic rings. The van der Waals surface area contributed by atoms with E-state index in [2.05, 4.69) is 25.6 Å². The molecule has 1 unspecified atom stereocenters. The maximum atomic E-state index is 12.1. The average molecular weight is 333 g/mol. The predicted octanol–water partition coefficient (Wildman–Crippen LogP) is 2.97. The Morgan fingerprint density at radius 3 is 2.48 bits per heavy atom. The number of anilines is 1. The van der Waals surface area contributed by atoms with Crippen LogP contribution in [0.5, 0.6) is 0 Å². The maximum absolute atomic E-state index is 12.1. The van der Waals surface area contributed by atoms with Crippen molar-refractivity contribution < 1.29 is 4.79 Å². The summed E-state index contributed by atoms with van der Waals surface area (Å²) in [4.78, 5) is 24.5. The molecule has 126 valence electrons. The van der Waals surface area contributed by atoms with Crippen LogP contribution in [0.15, 0.2) is 67.3 Å². The number of pyridine rings is 1. The number of aromatic nitrogens is 3. The van der Waals surface area contributed by atoms with Crippen molar-refractivity contribution >= 4 is 11.7 Å². The van der Waals surface area contributed by atoms with E-state index in [9.17, 15) is 4.79 Å². The summed E-state index contributed by atoms with van der Waals surface area (Å²) in [7, 11) is 0. The van der Waals surface area contributed by atoms with Gasteiger partial charge in [0.2, 0.25) is 0 Å². The first-order chi connectivity index (χ1) is 12.2. The second kappa shape index (κ2) is 8.01. The third kappa shape index (κ3) is 4.60. The third-order valence-corrected chi connectivity index (χ3v) is 3.75. The van der Waals surface area contributed by atoms with Crippen LogP contribution in [0.1, 0.15) is 34.6 Å². The van der Waals surface area contributed by atoms with Gasteiger partial charge in [-0.3, -0.25) is 9.78 Å². The number of carbonyl (C=O) groups excluding carboxylic acids is 1. The minimum atomic E-state index is -0.257. The van der Waals surface area contributed by atoms with Gasteiger partial charge in [-0.25, -0.2) is 9.97 Å². The SMILES string of the molecule is CC(Nc1cnc(C(=O)NCc2ccncc2)cn1)c1ccccc1. The van der Waals surface area contributed by atoms with Gasteiger partial charge >= 0.3 is 0 Å². The van der Waals surface area contributed by atoms with Crippen molar-refractivity contribution in [1.82, 2.24) is 20.3 Å². The Bertz CT molecular complexity index is 806. The second-order valence-corrected chi connectivity index (χ2v) is 5.60. The zero-order valence-electron chi connectivity index (χ0n) is 13.9. The van der Waals surface area contributed by atoms with Crippen molar-refractivity contribution in [3.8, 4) is 0 Å². The quantitative estimate of drug-likeness (QED) is 0.725. The zero-order chi connectivity index (χ0) is 17.5. The number of rotatable bonds is 6. The van der Waals surface area contributed by atoms with E-state index in [0.29, 0.717) is 12.4 Å². The molecule has 0 bridgehead atoms. The molecule has 6 heteroatoms. The summed E-state index contributed by atoms with van der Waals surface area (Å²) in [5.74, 6) is 0.369. The van der Waals surface area contributed by atoms with Crippen LogP contribution >= 0.6 is 0 Å². The summed E-state index contributed by atoms with van der Waals surface area (Å²) in [5, 5.41) is 6.08. The van der Waals surface area contributed by atoms with Crippen LogP contribution in [0.4, 0.5) is 5.82 Å². The second-order valence-electron chi connectivity index (χ2n) is 5.60. The largest absolute Gasteiger partial charge is 0.362 e. The molecule has 0 saturated heterocycles. The molecule has 1 amide bonds. The van der Waals surface area contributed by atoms with Gasteiger partial charge in [0.05, 0.1) is 12.4 Å². The number of amides is 1. The van der Waals surface area contributed by atoms with Crippen molar-refractivity contribution in [2.75, 3.05) is 5.32 Å². The van der Waals surface area contributed by atoms with E-state index < -0.39 is 0 Å². The zero-order valence-corrected chi connectivity index (χ0v) is 13.9. The van der Waals surface area contributed by atoms with Crippen LogP contribution in [0.2, 0.25) is 0 Å². The summed E-state index contributed by atoms with van der Waals surface area (Å²) < 4.78 is 0. The van der Waals surface area contributed by atoms with Gasteiger partial charge in [-0.1, -0.05) is 30.3 Å². The fourth-order valence-corrected chi connectivity index (χ4v) is 2.34. The molecule has 3 rings (SSSR count). The number of nitrogens with one attached hydrogen (secondary N) is 2. The van der Waals surface area contributed by atoms with Gasteiger partial charge in [0.25, 0.3) is 5.91 Å². The molecule has 25 heavy (non-hydrogen) atoms. The van der Waals surface area contributed by atoms with Crippen molar-refractivity contribution in [3.63, 3.8) is 0 Å². The van der Waals surface area contributed by atoms with E-state index in [1.807, 2.05) is 49.4 Å². The molecule has 6 nitrogen and oxygen atoms in total. The molecule has 0 saturated carbocycles. The van der Waals surface area contributed by atoms with Crippen LogP contribution in [0.3, 0.4) is 0 Å². The molecular weight excluding hydrogens is 314 g/mol. The molecule has 0 aliphatic carbocycles. The number of benzene rings is 1. The first-order valence-electron chi connectivity index (χ1n) is 8.03. The summed E-state index contributed by atoms with van der Waals surface area (Å²) in [5.41, 5.74) is 2.42. The lowest BCUT2D eigenvalue weighted by atomic mass is 10.1. The lowest BCUT2D eigenvalue weighted by molar-refractivity contribution is 0.0945. The Kier molecular flexibility index (Phi) is 5.31. The van der Waals surface area contributed by atoms with Crippen LogP contribution in [0, 0.1) is 0 Å². The van der Waals surface area contributed by atoms with Gasteiger partial charge < -0.3 is 10.6 Å². The predicted molar refractivity (Wildman–Crippen MR) is 95.9 cm³/mol. The highest BCUT2D eigenvalue weighted by molar-refractivity contribution is 5.91. The molecule has 0 fully saturated rings. The Hall–Kier alpha value is -3.28. The lowest BCUT2D eigenvalue weighted by Gasteiger charge is -2.14. The fraction of sp³-hybridized carbons (Fsp3) is 0.158. The van der Waals surface area contributed by atoms with E-state index in [1.165, 1.54) is 6.20 Å². The molecule has 0 radical (unpaired) electrons. The van der Waals surface area contributed by atoms with Crippen LogP contribution in [-0.2, 0) is 6.54 Å². The van der Waals surface area contributed by atoms with Crippen molar-refractivity contribution in [3.05, 3.63) is 84.1 Å². The molecule has 0 aliphatic rings. The Morgan fingerprint density at radius 1 is 1.04 bits per heavy atom. The summed E-state index contributed by atoms with van der Waals surface area (Å²) in [6, 6.07) is 13.9. The van der Waals surface area contributed by atoms with Gasteiger partial charge in [0.1, 0.15) is 11.5 Å². The van der Waals surface area contributed by atoms with E-state index in [4.69, 9.17) is 0 Å². The molecule has 0 spiro atoms. The normalized spacial score (nSPS) is 11.6. The van der Waals surface area contributed by atoms with Gasteiger partial charge in [-0.05, 0) is 30.2 Å². The highest BCUT2D eigenvalue weighted by Crippen LogP contribution is 2.16. The van der Waals surface area contributed by atoms with E-state index >= 15 is 0 Å². The third-order valence-electron chi connectivity index (χ3n) is 3.75. The fourth-order valence-electron chi connectivity index (χ4n) is 2.34. The minimum Gasteiger partial charge on any atom is -0.362 e. The highest BCUT2D eigenvalue weighted by Gasteiger charge is 2.09. The van der Waals surface area contributed by atoms with E-state index in [-0.39, 0.29) is 17.6 Å². The summed E-state index contributed by atoms with van der Waals surface area (Å²) in [6.07, 6.45) is 6.42. The molecular formula is C19H19N5O. The van der Waals surface area contributed by atoms with Crippen molar-refractivity contribution in [1.29, 1.82) is 0 Å². The molecule has 2 aromatic heterocycles. The number of hydrogen-bond donors (Lipinski definition) is 2. The Morgan fingerprint density at radius 2 is 1.80 bits per heavy atom. The van der Waals surface area contributed by atoms with Crippen LogP contribution in [-0.4, -0.2) is 20.9 Å². The molecule has 0 aliphatic heterocycles. The Labute approximate surface area is 146 Å². The van der Waals surface area contributed by atoms with Gasteiger partial charge in [0, 0.05) is 25.0 Å². The van der Waals surface area contributed by atoms with Gasteiger partial charge in [-0.2, -0.15) is 0 Å². The average Bonchev–Trinajstić information content (AvgIpc) is 2.68. The number of carbonyl (C=O) groups is 1. The summed E-state index contributed by atoms with van der Waals surface area (Å²) >= 11 is 0. The minimum absolute atomic E-state index is 0.0990. The lowest BCUT2D eigenvalue weighted by Crippen LogP contribution is -2.24. The smallest absolute Gasteiger partial charge is 0.271 e. The molecule has 1 atom stereocenters. The highest BCUT2D eigenvalue weighted by atomic mass is 16.1. The number of nitrogens with zero attached hydrogens (tertiary/aromatic N) is 3. The van der Waals surface area contributed by atoms with Crippen LogP contribution in [0.25, 0.3) is 0 Å². The maximum Gasteiger partial charge on any atom is 0.271 e. The van der Waals surface area contributed by atoms with Gasteiger partial charge in [-0.15, -0.1) is 0 Å². The van der Waals surface area contributed by atoms with E-state index in [0.717, 1.165) is 11.1 Å². The van der Waals surface area contributed by atoms with Crippen molar-refractivity contribution in [2.45, 2.75) is 19.5 Å². The Balaban J connectivity index is 1.57. The monoisotopic (exact) mass is 333 g/mol. The van der Waals surface area contributed by atoms with Gasteiger partial charge in [0.15, 0.2) is 0 Å².